The number of hydrogen-bond donors (Lipinski definition) is 0. The van der Waals surface area contributed by atoms with E-state index in [0.717, 1.165) is 5.69 Å². The van der Waals surface area contributed by atoms with E-state index in [1.165, 1.54) is 11.5 Å². The van der Waals surface area contributed by atoms with E-state index in [-0.39, 0.29) is 5.78 Å². The molecule has 82 valence electrons. The van der Waals surface area contributed by atoms with Crippen molar-refractivity contribution in [3.8, 4) is 0 Å². The Hall–Kier alpha value is -1.55. The van der Waals surface area contributed by atoms with Crippen LogP contribution in [0.4, 0.5) is 0 Å². The van der Waals surface area contributed by atoms with E-state index in [1.54, 1.807) is 0 Å². The van der Waals surface area contributed by atoms with E-state index >= 15 is 0 Å². The molecule has 3 nitrogen and oxygen atoms in total. The van der Waals surface area contributed by atoms with Crippen molar-refractivity contribution in [1.29, 1.82) is 0 Å². The highest BCUT2D eigenvalue weighted by molar-refractivity contribution is 7.03. The van der Waals surface area contributed by atoms with Crippen molar-refractivity contribution in [3.63, 3.8) is 0 Å². The zero-order valence-electron chi connectivity index (χ0n) is 9.18. The maximum absolute atomic E-state index is 12.3. The van der Waals surface area contributed by atoms with Crippen LogP contribution in [0.3, 0.4) is 0 Å². The predicted molar refractivity (Wildman–Crippen MR) is 63.7 cm³/mol. The summed E-state index contributed by atoms with van der Waals surface area (Å²) in [5.74, 6) is 0.0702. The summed E-state index contributed by atoms with van der Waals surface area (Å²) < 4.78 is 3.80. The summed E-state index contributed by atoms with van der Waals surface area (Å²) in [4.78, 5) is 12.3. The molecule has 0 spiro atoms. The number of benzene rings is 1. The highest BCUT2D eigenvalue weighted by Crippen LogP contribution is 2.26. The third kappa shape index (κ3) is 1.88. The molecule has 16 heavy (non-hydrogen) atoms. The molecule has 1 aromatic heterocycles. The number of ketones is 1. The van der Waals surface area contributed by atoms with Gasteiger partial charge < -0.3 is 0 Å². The largest absolute Gasteiger partial charge is 0.293 e. The van der Waals surface area contributed by atoms with Gasteiger partial charge in [-0.15, -0.1) is 5.10 Å². The summed E-state index contributed by atoms with van der Waals surface area (Å²) in [5, 5.41) is 5.80. The van der Waals surface area contributed by atoms with Gasteiger partial charge in [0.15, 0.2) is 5.78 Å². The Bertz CT molecular complexity index is 477. The van der Waals surface area contributed by atoms with Gasteiger partial charge in [-0.25, -0.2) is 0 Å². The van der Waals surface area contributed by atoms with Gasteiger partial charge in [-0.1, -0.05) is 34.8 Å². The van der Waals surface area contributed by atoms with E-state index in [2.05, 4.69) is 9.59 Å². The molecule has 1 aromatic carbocycles. The molecule has 0 amide bonds. The van der Waals surface area contributed by atoms with Gasteiger partial charge in [-0.2, -0.15) is 0 Å². The van der Waals surface area contributed by atoms with Crippen LogP contribution in [0.25, 0.3) is 0 Å². The van der Waals surface area contributed by atoms with Gasteiger partial charge in [-0.3, -0.25) is 4.79 Å². The van der Waals surface area contributed by atoms with Crippen LogP contribution >= 0.6 is 11.5 Å². The van der Waals surface area contributed by atoms with E-state index in [9.17, 15) is 4.79 Å². The molecule has 0 radical (unpaired) electrons. The summed E-state index contributed by atoms with van der Waals surface area (Å²) in [7, 11) is 0. The molecule has 4 heteroatoms. The van der Waals surface area contributed by atoms with Crippen LogP contribution in [-0.4, -0.2) is 15.4 Å². The van der Waals surface area contributed by atoms with Crippen molar-refractivity contribution < 1.29 is 4.79 Å². The van der Waals surface area contributed by atoms with E-state index in [4.69, 9.17) is 0 Å². The Morgan fingerprint density at radius 3 is 2.50 bits per heavy atom. The second kappa shape index (κ2) is 4.14. The van der Waals surface area contributed by atoms with Crippen molar-refractivity contribution in [3.05, 3.63) is 47.0 Å². The van der Waals surface area contributed by atoms with Crippen LogP contribution < -0.4 is 0 Å². The van der Waals surface area contributed by atoms with Gasteiger partial charge in [0.25, 0.3) is 0 Å². The molecule has 0 N–H and O–H groups in total. The molecule has 2 rings (SSSR count). The quantitative estimate of drug-likeness (QED) is 0.764. The lowest BCUT2D eigenvalue weighted by atomic mass is 9.82. The predicted octanol–water partition coefficient (Wildman–Crippen LogP) is 2.70. The first-order valence-corrected chi connectivity index (χ1v) is 5.83. The Labute approximate surface area is 98.3 Å². The number of Topliss-reactive ketones (excluding diaryl/α,β-unsaturated/α-hetero) is 1. The van der Waals surface area contributed by atoms with Gasteiger partial charge in [0.2, 0.25) is 0 Å². The van der Waals surface area contributed by atoms with E-state index in [0.29, 0.717) is 5.56 Å². The molecular formula is C12H12N2OS. The first-order chi connectivity index (χ1) is 7.62. The van der Waals surface area contributed by atoms with Crippen LogP contribution in [0.15, 0.2) is 35.7 Å². The van der Waals surface area contributed by atoms with Crippen molar-refractivity contribution in [2.45, 2.75) is 19.3 Å². The number of nitrogens with zero attached hydrogens (tertiary/aromatic N) is 2. The Morgan fingerprint density at radius 1 is 1.25 bits per heavy atom. The molecular weight excluding hydrogens is 220 g/mol. The lowest BCUT2D eigenvalue weighted by molar-refractivity contribution is 0.0906. The zero-order valence-corrected chi connectivity index (χ0v) is 9.99. The highest BCUT2D eigenvalue weighted by Gasteiger charge is 2.32. The lowest BCUT2D eigenvalue weighted by Crippen LogP contribution is -2.29. The van der Waals surface area contributed by atoms with Crippen LogP contribution in [-0.2, 0) is 5.41 Å². The van der Waals surface area contributed by atoms with Gasteiger partial charge in [0.1, 0.15) is 0 Å². The van der Waals surface area contributed by atoms with Crippen molar-refractivity contribution in [2.75, 3.05) is 0 Å². The van der Waals surface area contributed by atoms with Gasteiger partial charge >= 0.3 is 0 Å². The minimum atomic E-state index is -0.617. The smallest absolute Gasteiger partial charge is 0.174 e. The normalized spacial score (nSPS) is 11.4. The van der Waals surface area contributed by atoms with E-state index in [1.807, 2.05) is 49.6 Å². The molecule has 1 heterocycles. The topological polar surface area (TPSA) is 42.9 Å². The third-order valence-corrected chi connectivity index (χ3v) is 3.11. The monoisotopic (exact) mass is 232 g/mol. The summed E-state index contributed by atoms with van der Waals surface area (Å²) >= 11 is 1.27. The summed E-state index contributed by atoms with van der Waals surface area (Å²) in [6.45, 7) is 3.75. The first-order valence-electron chi connectivity index (χ1n) is 5.00. The summed E-state index contributed by atoms with van der Waals surface area (Å²) in [5.41, 5.74) is 0.820. The molecule has 0 saturated carbocycles. The van der Waals surface area contributed by atoms with Crippen molar-refractivity contribution >= 4 is 17.3 Å². The number of carbonyl (C=O) groups excluding carboxylic acids is 1. The third-order valence-electron chi connectivity index (χ3n) is 2.60. The number of rotatable bonds is 3. The van der Waals surface area contributed by atoms with Gasteiger partial charge in [-0.05, 0) is 25.4 Å². The summed E-state index contributed by atoms with van der Waals surface area (Å²) in [6, 6.07) is 9.27. The molecule has 0 bridgehead atoms. The Kier molecular flexibility index (Phi) is 2.83. The molecule has 0 unspecified atom stereocenters. The van der Waals surface area contributed by atoms with Crippen LogP contribution in [0.5, 0.6) is 0 Å². The summed E-state index contributed by atoms with van der Waals surface area (Å²) in [6.07, 6.45) is 0. The van der Waals surface area contributed by atoms with Gasteiger partial charge in [0.05, 0.1) is 11.1 Å². The molecule has 0 atom stereocenters. The maximum atomic E-state index is 12.3. The standard InChI is InChI=1S/C12H12N2OS/c1-12(2,10-8-16-14-13-10)11(15)9-6-4-3-5-7-9/h3-8H,1-2H3. The second-order valence-corrected chi connectivity index (χ2v) is 4.72. The molecule has 0 aliphatic heterocycles. The van der Waals surface area contributed by atoms with Crippen LogP contribution in [0.2, 0.25) is 0 Å². The molecule has 0 aliphatic carbocycles. The van der Waals surface area contributed by atoms with Crippen molar-refractivity contribution in [2.24, 2.45) is 0 Å². The van der Waals surface area contributed by atoms with Crippen LogP contribution in [0, 0.1) is 0 Å². The minimum absolute atomic E-state index is 0.0702. The zero-order chi connectivity index (χ0) is 11.6. The van der Waals surface area contributed by atoms with Crippen LogP contribution in [0.1, 0.15) is 29.9 Å². The highest BCUT2D eigenvalue weighted by atomic mass is 32.1. The number of hydrogen-bond acceptors (Lipinski definition) is 4. The fraction of sp³-hybridized carbons (Fsp3) is 0.250. The molecule has 0 fully saturated rings. The van der Waals surface area contributed by atoms with E-state index < -0.39 is 5.41 Å². The molecule has 0 saturated heterocycles. The number of aromatic nitrogens is 2. The molecule has 2 aromatic rings. The average molecular weight is 232 g/mol. The Morgan fingerprint density at radius 2 is 1.94 bits per heavy atom. The minimum Gasteiger partial charge on any atom is -0.293 e. The fourth-order valence-corrected chi connectivity index (χ4v) is 2.13. The lowest BCUT2D eigenvalue weighted by Gasteiger charge is -2.20. The van der Waals surface area contributed by atoms with Crippen molar-refractivity contribution in [1.82, 2.24) is 9.59 Å². The Balaban J connectivity index is 2.36. The van der Waals surface area contributed by atoms with Gasteiger partial charge in [0, 0.05) is 10.9 Å². The molecule has 0 aliphatic rings. The number of carbonyl (C=O) groups is 1. The first kappa shape index (κ1) is 11.0. The fourth-order valence-electron chi connectivity index (χ4n) is 1.50. The second-order valence-electron chi connectivity index (χ2n) is 4.11. The SMILES string of the molecule is CC(C)(C(=O)c1ccccc1)c1csnn1. The maximum Gasteiger partial charge on any atom is 0.174 e. The average Bonchev–Trinajstić information content (AvgIpc) is 2.83.